The van der Waals surface area contributed by atoms with E-state index in [-0.39, 0.29) is 16.4 Å². The van der Waals surface area contributed by atoms with E-state index in [2.05, 4.69) is 9.97 Å². The lowest BCUT2D eigenvalue weighted by Gasteiger charge is -2.09. The summed E-state index contributed by atoms with van der Waals surface area (Å²) >= 11 is 13.9. The monoisotopic (exact) mass is 552 g/mol. The van der Waals surface area contributed by atoms with Gasteiger partial charge in [-0.25, -0.2) is 18.4 Å². The lowest BCUT2D eigenvalue weighted by atomic mass is 10.3. The van der Waals surface area contributed by atoms with E-state index in [9.17, 15) is 26.4 Å². The predicted octanol–water partition coefficient (Wildman–Crippen LogP) is 6.30. The van der Waals surface area contributed by atoms with E-state index in [4.69, 9.17) is 23.2 Å². The third-order valence-electron chi connectivity index (χ3n) is 4.06. The summed E-state index contributed by atoms with van der Waals surface area (Å²) < 4.78 is 62.8. The van der Waals surface area contributed by atoms with Gasteiger partial charge in [-0.05, 0) is 54.2 Å². The summed E-state index contributed by atoms with van der Waals surface area (Å²) in [4.78, 5) is 20.9. The van der Waals surface area contributed by atoms with Crippen LogP contribution >= 0.6 is 46.7 Å². The minimum Gasteiger partial charge on any atom is -0.281 e. The molecule has 2 aromatic heterocycles. The third kappa shape index (κ3) is 6.86. The number of aromatic nitrogens is 2. The number of hydrogen-bond acceptors (Lipinski definition) is 7. The van der Waals surface area contributed by atoms with E-state index < -0.39 is 32.4 Å². The number of hydrogen-bond donors (Lipinski definition) is 0. The Morgan fingerprint density at radius 3 is 2.45 bits per heavy atom. The average molecular weight is 553 g/mol. The molecule has 3 aromatic rings. The molecule has 1 aromatic carbocycles. The first-order valence-corrected chi connectivity index (χ1v) is 13.2. The summed E-state index contributed by atoms with van der Waals surface area (Å²) in [5.74, 6) is -0.398. The van der Waals surface area contributed by atoms with Crippen LogP contribution in [0, 0.1) is 0 Å². The van der Waals surface area contributed by atoms with Crippen LogP contribution in [-0.4, -0.2) is 35.0 Å². The molecule has 13 heteroatoms. The molecule has 0 saturated carbocycles. The highest BCUT2D eigenvalue weighted by atomic mass is 35.5. The fraction of sp³-hybridized carbons (Fsp3) is 0.150. The largest absolute Gasteiger partial charge is 0.417 e. The Morgan fingerprint density at radius 2 is 1.82 bits per heavy atom. The number of benzene rings is 1. The van der Waals surface area contributed by atoms with Crippen LogP contribution in [0.4, 0.5) is 13.2 Å². The van der Waals surface area contributed by atoms with E-state index in [0.29, 0.717) is 32.2 Å². The first kappa shape index (κ1) is 25.8. The Balaban J connectivity index is 1.68. The van der Waals surface area contributed by atoms with Crippen LogP contribution in [0.5, 0.6) is 0 Å². The zero-order valence-corrected chi connectivity index (χ0v) is 20.3. The summed E-state index contributed by atoms with van der Waals surface area (Å²) in [5.41, 5.74) is -0.769. The number of carbonyl (C=O) groups excluding carboxylic acids is 1. The zero-order chi connectivity index (χ0) is 24.2. The van der Waals surface area contributed by atoms with Gasteiger partial charge in [-0.3, -0.25) is 4.79 Å². The van der Waals surface area contributed by atoms with Crippen LogP contribution < -0.4 is 0 Å². The summed E-state index contributed by atoms with van der Waals surface area (Å²) in [6, 6.07) is 9.34. The lowest BCUT2D eigenvalue weighted by molar-refractivity contribution is -0.137. The normalized spacial score (nSPS) is 12.0. The Kier molecular flexibility index (Phi) is 8.33. The van der Waals surface area contributed by atoms with Gasteiger partial charge in [0.25, 0.3) is 0 Å². The highest BCUT2D eigenvalue weighted by Crippen LogP contribution is 2.34. The molecule has 33 heavy (non-hydrogen) atoms. The minimum atomic E-state index is -4.61. The standard InChI is InChI=1S/C20H13Cl2F3N2O3S3/c21-13-4-5-16(15(22)10-13)32-19(28)14-2-1-7-26-18(14)31-8-9-33(29,30)17-6-3-12(11-27-17)20(23,24)25/h1-7,10-11H,8-9H2. The van der Waals surface area contributed by atoms with Crippen molar-refractivity contribution in [3.05, 3.63) is 76.0 Å². The fourth-order valence-electron chi connectivity index (χ4n) is 2.46. The van der Waals surface area contributed by atoms with Gasteiger partial charge in [-0.2, -0.15) is 13.2 Å². The van der Waals surface area contributed by atoms with Gasteiger partial charge in [0, 0.05) is 28.1 Å². The van der Waals surface area contributed by atoms with E-state index in [1.165, 1.54) is 12.3 Å². The van der Waals surface area contributed by atoms with Crippen molar-refractivity contribution in [3.63, 3.8) is 0 Å². The number of nitrogens with zero attached hydrogens (tertiary/aromatic N) is 2. The average Bonchev–Trinajstić information content (AvgIpc) is 2.75. The van der Waals surface area contributed by atoms with E-state index in [0.717, 1.165) is 29.6 Å². The van der Waals surface area contributed by atoms with Crippen LogP contribution in [0.15, 0.2) is 69.8 Å². The van der Waals surface area contributed by atoms with E-state index in [1.807, 2.05) is 0 Å². The fourth-order valence-corrected chi connectivity index (χ4v) is 6.37. The molecule has 5 nitrogen and oxygen atoms in total. The van der Waals surface area contributed by atoms with Gasteiger partial charge in [0.2, 0.25) is 5.12 Å². The molecule has 3 rings (SSSR count). The topological polar surface area (TPSA) is 77.0 Å². The number of rotatable bonds is 7. The van der Waals surface area contributed by atoms with Crippen molar-refractivity contribution in [2.45, 2.75) is 21.1 Å². The maximum Gasteiger partial charge on any atom is 0.417 e. The van der Waals surface area contributed by atoms with Gasteiger partial charge in [-0.15, -0.1) is 11.8 Å². The molecule has 0 aliphatic heterocycles. The number of halogens is 5. The van der Waals surface area contributed by atoms with Crippen molar-refractivity contribution < 1.29 is 26.4 Å². The second-order valence-corrected chi connectivity index (χ2v) is 11.4. The number of alkyl halides is 3. The highest BCUT2D eigenvalue weighted by molar-refractivity contribution is 8.14. The molecule has 2 heterocycles. The molecule has 0 unspecified atom stereocenters. The van der Waals surface area contributed by atoms with Gasteiger partial charge >= 0.3 is 6.18 Å². The molecule has 0 N–H and O–H groups in total. The van der Waals surface area contributed by atoms with Crippen molar-refractivity contribution in [2.24, 2.45) is 0 Å². The van der Waals surface area contributed by atoms with Crippen LogP contribution in [0.1, 0.15) is 15.9 Å². The second kappa shape index (κ2) is 10.6. The first-order chi connectivity index (χ1) is 15.5. The maximum atomic E-state index is 12.8. The van der Waals surface area contributed by atoms with Gasteiger partial charge < -0.3 is 0 Å². The highest BCUT2D eigenvalue weighted by Gasteiger charge is 2.31. The number of sulfone groups is 1. The van der Waals surface area contributed by atoms with Gasteiger partial charge in [0.05, 0.1) is 21.9 Å². The number of thioether (sulfide) groups is 2. The van der Waals surface area contributed by atoms with Crippen molar-refractivity contribution in [2.75, 3.05) is 11.5 Å². The summed E-state index contributed by atoms with van der Waals surface area (Å²) in [6.07, 6.45) is -2.67. The molecule has 0 fully saturated rings. The number of pyridine rings is 2. The van der Waals surface area contributed by atoms with E-state index in [1.54, 1.807) is 24.3 Å². The summed E-state index contributed by atoms with van der Waals surface area (Å²) in [6.45, 7) is 0. The van der Waals surface area contributed by atoms with Crippen LogP contribution in [0.2, 0.25) is 10.0 Å². The van der Waals surface area contributed by atoms with Crippen LogP contribution in [-0.2, 0) is 16.0 Å². The van der Waals surface area contributed by atoms with Crippen LogP contribution in [0.3, 0.4) is 0 Å². The molecule has 174 valence electrons. The van der Waals surface area contributed by atoms with Gasteiger partial charge in [-0.1, -0.05) is 23.2 Å². The lowest BCUT2D eigenvalue weighted by Crippen LogP contribution is -2.13. The molecular weight excluding hydrogens is 540 g/mol. The van der Waals surface area contributed by atoms with Crippen molar-refractivity contribution >= 4 is 61.7 Å². The molecule has 0 aliphatic rings. The van der Waals surface area contributed by atoms with Gasteiger partial charge in [0.1, 0.15) is 5.03 Å². The van der Waals surface area contributed by atoms with Crippen LogP contribution in [0.25, 0.3) is 0 Å². The molecule has 0 aliphatic carbocycles. The molecule has 0 amide bonds. The predicted molar refractivity (Wildman–Crippen MR) is 123 cm³/mol. The molecule has 0 radical (unpaired) electrons. The minimum absolute atomic E-state index is 0.00863. The Labute approximate surface area is 206 Å². The second-order valence-electron chi connectivity index (χ2n) is 6.37. The molecule has 0 spiro atoms. The quantitative estimate of drug-likeness (QED) is 0.318. The smallest absolute Gasteiger partial charge is 0.281 e. The Hall–Kier alpha value is -1.79. The summed E-state index contributed by atoms with van der Waals surface area (Å²) in [7, 11) is -3.93. The molecular formula is C20H13Cl2F3N2O3S3. The number of carbonyl (C=O) groups is 1. The van der Waals surface area contributed by atoms with Crippen molar-refractivity contribution in [1.29, 1.82) is 0 Å². The van der Waals surface area contributed by atoms with Crippen molar-refractivity contribution in [3.8, 4) is 0 Å². The maximum absolute atomic E-state index is 12.8. The van der Waals surface area contributed by atoms with Crippen molar-refractivity contribution in [1.82, 2.24) is 9.97 Å². The third-order valence-corrected chi connectivity index (χ3v) is 8.59. The zero-order valence-electron chi connectivity index (χ0n) is 16.3. The Bertz CT molecular complexity index is 1270. The van der Waals surface area contributed by atoms with Gasteiger partial charge in [0.15, 0.2) is 14.9 Å². The molecule has 0 bridgehead atoms. The molecule has 0 saturated heterocycles. The summed E-state index contributed by atoms with van der Waals surface area (Å²) in [5, 5.41) is 0.256. The first-order valence-electron chi connectivity index (χ1n) is 8.98. The molecule has 0 atom stereocenters. The van der Waals surface area contributed by atoms with E-state index >= 15 is 0 Å². The SMILES string of the molecule is O=C(Sc1ccc(Cl)cc1Cl)c1cccnc1SCCS(=O)(=O)c1ccc(C(F)(F)F)cn1. The Morgan fingerprint density at radius 1 is 1.06 bits per heavy atom.